The van der Waals surface area contributed by atoms with Gasteiger partial charge < -0.3 is 15.7 Å². The van der Waals surface area contributed by atoms with Crippen LogP contribution in [0.5, 0.6) is 5.75 Å². The first kappa shape index (κ1) is 15.6. The molecule has 0 aliphatic heterocycles. The number of carbonyl (C=O) groups excluding carboxylic acids is 1. The number of phenolic OH excluding ortho intramolecular Hbond substituents is 1. The topological polar surface area (TPSA) is 79.4 Å². The largest absolute Gasteiger partial charge is 0.508 e. The molecule has 3 N–H and O–H groups in total. The average Bonchev–Trinajstić information content (AvgIpc) is 2.93. The summed E-state index contributed by atoms with van der Waals surface area (Å²) < 4.78 is 0. The molecule has 1 aromatic heterocycles. The van der Waals surface area contributed by atoms with Crippen molar-refractivity contribution in [1.29, 1.82) is 0 Å². The van der Waals surface area contributed by atoms with E-state index in [1.54, 1.807) is 12.1 Å². The van der Waals surface area contributed by atoms with E-state index in [1.807, 2.05) is 49.2 Å². The fraction of sp³-hybridized carbons (Fsp3) is 0.200. The molecule has 0 bridgehead atoms. The Bertz CT molecular complexity index is 1010. The number of nitrogens with two attached hydrogens (primary N) is 1. The van der Waals surface area contributed by atoms with Gasteiger partial charge in [0.2, 0.25) is 0 Å². The van der Waals surface area contributed by atoms with Crippen LogP contribution in [0.2, 0.25) is 0 Å². The average molecular weight is 333 g/mol. The number of anilines is 1. The summed E-state index contributed by atoms with van der Waals surface area (Å²) in [6.45, 7) is 2.44. The second-order valence-corrected chi connectivity index (χ2v) is 6.46. The molecule has 126 valence electrons. The molecule has 4 rings (SSSR count). The molecule has 1 unspecified atom stereocenters. The summed E-state index contributed by atoms with van der Waals surface area (Å²) in [5.41, 5.74) is 9.58. The minimum absolute atomic E-state index is 0.0147. The van der Waals surface area contributed by atoms with Crippen LogP contribution in [0.25, 0.3) is 22.0 Å². The molecule has 0 spiro atoms. The number of carbonyl (C=O) groups is 1. The number of rotatable bonds is 3. The van der Waals surface area contributed by atoms with Crippen molar-refractivity contribution in [1.82, 2.24) is 4.98 Å². The van der Waals surface area contributed by atoms with Gasteiger partial charge in [0, 0.05) is 42.2 Å². The van der Waals surface area contributed by atoms with Gasteiger partial charge in [0.15, 0.2) is 5.78 Å². The van der Waals surface area contributed by atoms with E-state index in [9.17, 15) is 9.90 Å². The number of hydrogen-bond donors (Lipinski definition) is 2. The summed E-state index contributed by atoms with van der Waals surface area (Å²) in [5.74, 6) is 0.740. The van der Waals surface area contributed by atoms with Crippen LogP contribution in [0.4, 0.5) is 5.82 Å². The molecule has 0 amide bonds. The van der Waals surface area contributed by atoms with Gasteiger partial charge in [-0.2, -0.15) is 0 Å². The van der Waals surface area contributed by atoms with Crippen molar-refractivity contribution in [2.75, 3.05) is 18.5 Å². The van der Waals surface area contributed by atoms with Crippen LogP contribution in [0.3, 0.4) is 0 Å². The molecule has 3 aromatic rings. The van der Waals surface area contributed by atoms with Gasteiger partial charge in [-0.3, -0.25) is 4.79 Å². The SMILES string of the molecule is CC(CN)N(C)c1nc2cc(O)ccc2c2c1C(=O)c1ccccc1-2. The van der Waals surface area contributed by atoms with E-state index in [4.69, 9.17) is 10.7 Å². The smallest absolute Gasteiger partial charge is 0.198 e. The molecule has 0 fully saturated rings. The highest BCUT2D eigenvalue weighted by molar-refractivity contribution is 6.28. The number of benzene rings is 2. The molecule has 1 atom stereocenters. The maximum absolute atomic E-state index is 13.1. The minimum atomic E-state index is -0.0147. The lowest BCUT2D eigenvalue weighted by atomic mass is 10.0. The molecule has 0 saturated carbocycles. The highest BCUT2D eigenvalue weighted by Gasteiger charge is 2.33. The Morgan fingerprint density at radius 3 is 2.60 bits per heavy atom. The summed E-state index contributed by atoms with van der Waals surface area (Å²) in [7, 11) is 1.89. The maximum atomic E-state index is 13.1. The van der Waals surface area contributed by atoms with Crippen molar-refractivity contribution in [3.05, 3.63) is 53.6 Å². The van der Waals surface area contributed by atoms with Gasteiger partial charge in [0.1, 0.15) is 11.6 Å². The summed E-state index contributed by atoms with van der Waals surface area (Å²) in [6, 6.07) is 12.7. The first-order valence-corrected chi connectivity index (χ1v) is 8.26. The Labute approximate surface area is 145 Å². The van der Waals surface area contributed by atoms with Gasteiger partial charge in [-0.25, -0.2) is 4.98 Å². The van der Waals surface area contributed by atoms with Gasteiger partial charge in [0.05, 0.1) is 11.1 Å². The second kappa shape index (κ2) is 5.57. The normalized spacial score (nSPS) is 13.6. The molecule has 1 aliphatic carbocycles. The molecule has 25 heavy (non-hydrogen) atoms. The fourth-order valence-corrected chi connectivity index (χ4v) is 3.39. The zero-order valence-electron chi connectivity index (χ0n) is 14.2. The van der Waals surface area contributed by atoms with Gasteiger partial charge in [-0.05, 0) is 24.6 Å². The van der Waals surface area contributed by atoms with Crippen molar-refractivity contribution in [2.24, 2.45) is 5.73 Å². The number of pyridine rings is 1. The Balaban J connectivity index is 2.11. The monoisotopic (exact) mass is 333 g/mol. The van der Waals surface area contributed by atoms with Crippen LogP contribution in [0.15, 0.2) is 42.5 Å². The van der Waals surface area contributed by atoms with Crippen molar-refractivity contribution in [3.8, 4) is 16.9 Å². The van der Waals surface area contributed by atoms with E-state index in [1.165, 1.54) is 0 Å². The predicted octanol–water partition coefficient (Wildman–Crippen LogP) is 2.94. The first-order chi connectivity index (χ1) is 12.0. The molecule has 5 nitrogen and oxygen atoms in total. The van der Waals surface area contributed by atoms with Crippen LogP contribution in [-0.4, -0.2) is 35.5 Å². The van der Waals surface area contributed by atoms with E-state index in [0.29, 0.717) is 29.0 Å². The molecule has 1 aliphatic rings. The number of aromatic nitrogens is 1. The maximum Gasteiger partial charge on any atom is 0.198 e. The van der Waals surface area contributed by atoms with Crippen LogP contribution in [0, 0.1) is 0 Å². The lowest BCUT2D eigenvalue weighted by Crippen LogP contribution is -2.36. The third-order valence-electron chi connectivity index (χ3n) is 4.96. The third kappa shape index (κ3) is 2.20. The number of hydrogen-bond acceptors (Lipinski definition) is 5. The van der Waals surface area contributed by atoms with Crippen molar-refractivity contribution >= 4 is 22.5 Å². The van der Waals surface area contributed by atoms with Crippen molar-refractivity contribution in [3.63, 3.8) is 0 Å². The zero-order chi connectivity index (χ0) is 17.7. The third-order valence-corrected chi connectivity index (χ3v) is 4.96. The number of ketones is 1. The zero-order valence-corrected chi connectivity index (χ0v) is 14.2. The number of fused-ring (bicyclic) bond motifs is 5. The minimum Gasteiger partial charge on any atom is -0.508 e. The summed E-state index contributed by atoms with van der Waals surface area (Å²) in [6.07, 6.45) is 0. The quantitative estimate of drug-likeness (QED) is 0.602. The van der Waals surface area contributed by atoms with Gasteiger partial charge in [0.25, 0.3) is 0 Å². The number of phenols is 1. The van der Waals surface area contributed by atoms with Gasteiger partial charge in [-0.15, -0.1) is 0 Å². The standard InChI is InChI=1S/C20H19N3O2/c1-11(10-21)23(2)20-18-17(13-5-3-4-6-14(13)19(18)25)15-8-7-12(24)9-16(15)22-20/h3-9,11,24H,10,21H2,1-2H3. The molecule has 0 radical (unpaired) electrons. The molecular weight excluding hydrogens is 314 g/mol. The molecule has 0 saturated heterocycles. The van der Waals surface area contributed by atoms with E-state index in [0.717, 1.165) is 16.5 Å². The fourth-order valence-electron chi connectivity index (χ4n) is 3.39. The predicted molar refractivity (Wildman–Crippen MR) is 99.2 cm³/mol. The lowest BCUT2D eigenvalue weighted by molar-refractivity contribution is 0.104. The van der Waals surface area contributed by atoms with Crippen LogP contribution >= 0.6 is 0 Å². The van der Waals surface area contributed by atoms with E-state index < -0.39 is 0 Å². The summed E-state index contributed by atoms with van der Waals surface area (Å²) in [5, 5.41) is 10.7. The summed E-state index contributed by atoms with van der Waals surface area (Å²) in [4.78, 5) is 19.7. The van der Waals surface area contributed by atoms with Crippen LogP contribution in [0.1, 0.15) is 22.8 Å². The second-order valence-electron chi connectivity index (χ2n) is 6.46. The highest BCUT2D eigenvalue weighted by atomic mass is 16.3. The molecule has 1 heterocycles. The lowest BCUT2D eigenvalue weighted by Gasteiger charge is -2.27. The Morgan fingerprint density at radius 2 is 1.88 bits per heavy atom. The van der Waals surface area contributed by atoms with Crippen LogP contribution < -0.4 is 10.6 Å². The van der Waals surface area contributed by atoms with Gasteiger partial charge >= 0.3 is 0 Å². The van der Waals surface area contributed by atoms with E-state index in [2.05, 4.69) is 0 Å². The summed E-state index contributed by atoms with van der Waals surface area (Å²) >= 11 is 0. The number of likely N-dealkylation sites (N-methyl/N-ethyl adjacent to an activating group) is 1. The first-order valence-electron chi connectivity index (χ1n) is 8.26. The molecule has 2 aromatic carbocycles. The molecular formula is C20H19N3O2. The Morgan fingerprint density at radius 1 is 1.16 bits per heavy atom. The number of aromatic hydroxyl groups is 1. The number of nitrogens with zero attached hydrogens (tertiary/aromatic N) is 2. The van der Waals surface area contributed by atoms with E-state index >= 15 is 0 Å². The Hall–Kier alpha value is -2.92. The van der Waals surface area contributed by atoms with E-state index in [-0.39, 0.29) is 17.6 Å². The van der Waals surface area contributed by atoms with Crippen LogP contribution in [-0.2, 0) is 0 Å². The van der Waals surface area contributed by atoms with Gasteiger partial charge in [-0.1, -0.05) is 24.3 Å². The molecule has 5 heteroatoms. The van der Waals surface area contributed by atoms with Crippen molar-refractivity contribution in [2.45, 2.75) is 13.0 Å². The highest BCUT2D eigenvalue weighted by Crippen LogP contribution is 2.45. The Kier molecular flexibility index (Phi) is 3.47. The van der Waals surface area contributed by atoms with Crippen molar-refractivity contribution < 1.29 is 9.90 Å².